The molecule has 0 bridgehead atoms. The summed E-state index contributed by atoms with van der Waals surface area (Å²) in [5.41, 5.74) is -0.727. The minimum absolute atomic E-state index is 0.0420. The number of aldehydes is 1. The molecule has 236 valence electrons. The lowest BCUT2D eigenvalue weighted by Gasteiger charge is -2.32. The fourth-order valence-electron chi connectivity index (χ4n) is 4.99. The van der Waals surface area contributed by atoms with Crippen LogP contribution in [0.2, 0.25) is 0 Å². The minimum atomic E-state index is -4.73. The van der Waals surface area contributed by atoms with Crippen LogP contribution in [-0.4, -0.2) is 49.2 Å². The molecular formula is C32H43F6NO3. The van der Waals surface area contributed by atoms with Crippen molar-refractivity contribution >= 4 is 6.29 Å². The molecule has 1 saturated carbocycles. The van der Waals surface area contributed by atoms with Gasteiger partial charge in [0.15, 0.2) is 0 Å². The SMILES string of the molecule is C1CC1.CO.COC1(CCc2ccc(CC(C)C=O)cc2)CCCN(Cc2cc(C(F)(F)F)ccc2C(F)(F)F)CC1. The van der Waals surface area contributed by atoms with Crippen molar-refractivity contribution in [2.24, 2.45) is 5.92 Å². The van der Waals surface area contributed by atoms with E-state index in [2.05, 4.69) is 0 Å². The third-order valence-corrected chi connectivity index (χ3v) is 7.59. The van der Waals surface area contributed by atoms with Crippen molar-refractivity contribution in [2.75, 3.05) is 27.3 Å². The van der Waals surface area contributed by atoms with Crippen LogP contribution in [0, 0.1) is 5.92 Å². The molecule has 2 unspecified atom stereocenters. The highest BCUT2D eigenvalue weighted by Gasteiger charge is 2.38. The second kappa shape index (κ2) is 16.4. The number of nitrogens with zero attached hydrogens (tertiary/aromatic N) is 1. The van der Waals surface area contributed by atoms with Gasteiger partial charge in [0.05, 0.1) is 16.7 Å². The van der Waals surface area contributed by atoms with Gasteiger partial charge in [0.2, 0.25) is 0 Å². The molecule has 4 nitrogen and oxygen atoms in total. The third-order valence-electron chi connectivity index (χ3n) is 7.59. The molecular weight excluding hydrogens is 560 g/mol. The standard InChI is InChI=1S/C28H33F6NO2.C3H6.CH4O/c1-20(19-36)16-22-6-4-21(5-7-22)10-12-26(37-2)11-3-14-35(15-13-26)18-23-17-24(27(29,30)31)8-9-25(23)28(32,33)34;1-2-3-1;1-2/h4-9,17,19-20H,3,10-16,18H2,1-2H3;1-3H2;2H,1H3. The second-order valence-electron chi connectivity index (χ2n) is 11.1. The number of hydrogen-bond acceptors (Lipinski definition) is 4. The van der Waals surface area contributed by atoms with Gasteiger partial charge in [-0.25, -0.2) is 0 Å². The van der Waals surface area contributed by atoms with E-state index in [4.69, 9.17) is 9.84 Å². The summed E-state index contributed by atoms with van der Waals surface area (Å²) in [4.78, 5) is 12.7. The molecule has 2 fully saturated rings. The Morgan fingerprint density at radius 2 is 1.52 bits per heavy atom. The summed E-state index contributed by atoms with van der Waals surface area (Å²) in [6.45, 7) is 2.56. The Balaban J connectivity index is 0.00000113. The summed E-state index contributed by atoms with van der Waals surface area (Å²) in [6.07, 6.45) is 0.0867. The van der Waals surface area contributed by atoms with Crippen LogP contribution in [-0.2, 0) is 41.3 Å². The highest BCUT2D eigenvalue weighted by molar-refractivity contribution is 5.53. The number of aliphatic hydroxyl groups is 1. The van der Waals surface area contributed by atoms with Crippen molar-refractivity contribution in [3.8, 4) is 0 Å². The summed E-state index contributed by atoms with van der Waals surface area (Å²) < 4.78 is 86.0. The molecule has 1 saturated heterocycles. The molecule has 42 heavy (non-hydrogen) atoms. The van der Waals surface area contributed by atoms with Gasteiger partial charge < -0.3 is 14.6 Å². The van der Waals surface area contributed by atoms with Gasteiger partial charge in [-0.3, -0.25) is 4.90 Å². The molecule has 0 spiro atoms. The Hall–Kier alpha value is -2.43. The first-order valence-corrected chi connectivity index (χ1v) is 14.4. The van der Waals surface area contributed by atoms with Crippen molar-refractivity contribution in [1.82, 2.24) is 4.90 Å². The number of carbonyl (C=O) groups excluding carboxylic acids is 1. The fraction of sp³-hybridized carbons (Fsp3) is 0.594. The van der Waals surface area contributed by atoms with Crippen LogP contribution in [0.1, 0.15) is 79.7 Å². The number of likely N-dealkylation sites (tertiary alicyclic amines) is 1. The van der Waals surface area contributed by atoms with Crippen LogP contribution in [0.3, 0.4) is 0 Å². The van der Waals surface area contributed by atoms with Gasteiger partial charge in [-0.2, -0.15) is 26.3 Å². The number of carbonyl (C=O) groups is 1. The van der Waals surface area contributed by atoms with Crippen LogP contribution in [0.15, 0.2) is 42.5 Å². The second-order valence-corrected chi connectivity index (χ2v) is 11.1. The molecule has 2 aromatic rings. The summed E-state index contributed by atoms with van der Waals surface area (Å²) >= 11 is 0. The van der Waals surface area contributed by atoms with Crippen molar-refractivity contribution in [3.05, 3.63) is 70.3 Å². The number of aliphatic hydroxyl groups excluding tert-OH is 1. The van der Waals surface area contributed by atoms with E-state index in [1.54, 1.807) is 12.0 Å². The molecule has 0 radical (unpaired) electrons. The predicted molar refractivity (Wildman–Crippen MR) is 151 cm³/mol. The maximum Gasteiger partial charge on any atom is 0.416 e. The zero-order valence-corrected chi connectivity index (χ0v) is 24.7. The lowest BCUT2D eigenvalue weighted by atomic mass is 9.87. The van der Waals surface area contributed by atoms with E-state index in [1.807, 2.05) is 31.2 Å². The van der Waals surface area contributed by atoms with E-state index in [1.165, 1.54) is 19.3 Å². The molecule has 2 aromatic carbocycles. The van der Waals surface area contributed by atoms with Gasteiger partial charge in [-0.1, -0.05) is 50.5 Å². The molecule has 4 rings (SSSR count). The first-order valence-electron chi connectivity index (χ1n) is 14.4. The van der Waals surface area contributed by atoms with Crippen LogP contribution < -0.4 is 0 Å². The summed E-state index contributed by atoms with van der Waals surface area (Å²) in [5.74, 6) is -0.0420. The van der Waals surface area contributed by atoms with E-state index in [0.717, 1.165) is 37.4 Å². The maximum atomic E-state index is 13.5. The molecule has 1 heterocycles. The molecule has 10 heteroatoms. The first-order chi connectivity index (χ1) is 19.8. The topological polar surface area (TPSA) is 49.8 Å². The van der Waals surface area contributed by atoms with Crippen LogP contribution >= 0.6 is 0 Å². The smallest absolute Gasteiger partial charge is 0.400 e. The Labute approximate surface area is 245 Å². The molecule has 2 aliphatic rings. The molecule has 2 atom stereocenters. The number of alkyl halides is 6. The zero-order valence-electron chi connectivity index (χ0n) is 24.7. The average Bonchev–Trinajstić information content (AvgIpc) is 3.85. The van der Waals surface area contributed by atoms with Gasteiger partial charge in [0, 0.05) is 33.2 Å². The normalized spacial score (nSPS) is 19.9. The fourth-order valence-corrected chi connectivity index (χ4v) is 4.99. The lowest BCUT2D eigenvalue weighted by Crippen LogP contribution is -2.34. The number of hydrogen-bond donors (Lipinski definition) is 1. The van der Waals surface area contributed by atoms with Gasteiger partial charge >= 0.3 is 12.4 Å². The van der Waals surface area contributed by atoms with Gasteiger partial charge in [-0.15, -0.1) is 0 Å². The summed E-state index contributed by atoms with van der Waals surface area (Å²) in [5, 5.41) is 7.00. The lowest BCUT2D eigenvalue weighted by molar-refractivity contribution is -0.142. The number of rotatable bonds is 9. The minimum Gasteiger partial charge on any atom is -0.400 e. The molecule has 0 aromatic heterocycles. The van der Waals surface area contributed by atoms with Gasteiger partial charge in [0.25, 0.3) is 0 Å². The number of benzene rings is 2. The van der Waals surface area contributed by atoms with E-state index < -0.39 is 29.1 Å². The van der Waals surface area contributed by atoms with Gasteiger partial charge in [-0.05, 0) is 80.0 Å². The van der Waals surface area contributed by atoms with Crippen molar-refractivity contribution in [2.45, 2.75) is 89.2 Å². The highest BCUT2D eigenvalue weighted by Crippen LogP contribution is 2.38. The number of ether oxygens (including phenoxy) is 1. The first kappa shape index (κ1) is 35.8. The van der Waals surface area contributed by atoms with Crippen molar-refractivity contribution in [1.29, 1.82) is 0 Å². The van der Waals surface area contributed by atoms with Crippen LogP contribution in [0.5, 0.6) is 0 Å². The Kier molecular flexibility index (Phi) is 14.0. The Bertz CT molecular complexity index is 1080. The van der Waals surface area contributed by atoms with Crippen LogP contribution in [0.4, 0.5) is 26.3 Å². The number of halogens is 6. The maximum absolute atomic E-state index is 13.5. The van der Waals surface area contributed by atoms with Gasteiger partial charge in [0.1, 0.15) is 6.29 Å². The predicted octanol–water partition coefficient (Wildman–Crippen LogP) is 7.88. The molecule has 0 amide bonds. The molecule has 1 aliphatic carbocycles. The zero-order chi connectivity index (χ0) is 31.4. The van der Waals surface area contributed by atoms with E-state index >= 15 is 0 Å². The quantitative estimate of drug-likeness (QED) is 0.234. The van der Waals surface area contributed by atoms with Crippen molar-refractivity contribution in [3.63, 3.8) is 0 Å². The highest BCUT2D eigenvalue weighted by atomic mass is 19.4. The summed E-state index contributed by atoms with van der Waals surface area (Å²) in [6, 6.07) is 9.72. The largest absolute Gasteiger partial charge is 0.416 e. The van der Waals surface area contributed by atoms with E-state index in [-0.39, 0.29) is 18.0 Å². The molecule has 1 N–H and O–H groups in total. The third kappa shape index (κ3) is 11.7. The Morgan fingerprint density at radius 3 is 2.05 bits per heavy atom. The van der Waals surface area contributed by atoms with E-state index in [9.17, 15) is 31.1 Å². The van der Waals surface area contributed by atoms with E-state index in [0.29, 0.717) is 57.0 Å². The van der Waals surface area contributed by atoms with Crippen LogP contribution in [0.25, 0.3) is 0 Å². The summed E-state index contributed by atoms with van der Waals surface area (Å²) in [7, 11) is 2.63. The number of methoxy groups -OCH3 is 1. The monoisotopic (exact) mass is 603 g/mol. The molecule has 1 aliphatic heterocycles. The average molecular weight is 604 g/mol. The number of aryl methyl sites for hydroxylation is 1. The Morgan fingerprint density at radius 1 is 0.905 bits per heavy atom. The van der Waals surface area contributed by atoms with Crippen molar-refractivity contribution < 1.29 is 41.0 Å².